The van der Waals surface area contributed by atoms with Crippen LogP contribution in [0.2, 0.25) is 0 Å². The van der Waals surface area contributed by atoms with Gasteiger partial charge in [-0.1, -0.05) is 12.1 Å². The number of amides is 1. The third kappa shape index (κ3) is 3.19. The van der Waals surface area contributed by atoms with Gasteiger partial charge in [0.2, 0.25) is 0 Å². The van der Waals surface area contributed by atoms with Crippen LogP contribution < -0.4 is 0 Å². The lowest BCUT2D eigenvalue weighted by molar-refractivity contribution is 0.0730. The number of carbonyl (C=O) groups excluding carboxylic acids is 1. The molecule has 0 aromatic heterocycles. The molecule has 0 saturated heterocycles. The highest BCUT2D eigenvalue weighted by molar-refractivity contribution is 14.1. The molecule has 0 heterocycles. The van der Waals surface area contributed by atoms with Gasteiger partial charge in [0, 0.05) is 9.61 Å². The number of aryl methyl sites for hydroxylation is 1. The van der Waals surface area contributed by atoms with E-state index in [0.29, 0.717) is 5.56 Å². The lowest BCUT2D eigenvalue weighted by Gasteiger charge is -2.24. The van der Waals surface area contributed by atoms with Gasteiger partial charge in [-0.25, -0.2) is 0 Å². The summed E-state index contributed by atoms with van der Waals surface area (Å²) in [6, 6.07) is 7.72. The second-order valence-corrected chi connectivity index (χ2v) is 5.20. The van der Waals surface area contributed by atoms with Crippen molar-refractivity contribution in [3.8, 4) is 6.07 Å². The number of hydrogen-bond donors (Lipinski definition) is 0. The average Bonchev–Trinajstić information content (AvgIpc) is 2.28. The molecule has 0 aliphatic rings. The largest absolute Gasteiger partial charge is 0.323 e. The van der Waals surface area contributed by atoms with Crippen molar-refractivity contribution in [2.45, 2.75) is 26.8 Å². The predicted octanol–water partition coefficient (Wildman–Crippen LogP) is 2.97. The van der Waals surface area contributed by atoms with Crippen molar-refractivity contribution in [2.75, 3.05) is 6.54 Å². The van der Waals surface area contributed by atoms with Crippen molar-refractivity contribution in [1.29, 1.82) is 5.26 Å². The Kier molecular flexibility index (Phi) is 4.94. The van der Waals surface area contributed by atoms with Crippen LogP contribution in [0.15, 0.2) is 18.2 Å². The molecule has 1 aromatic rings. The van der Waals surface area contributed by atoms with Gasteiger partial charge in [-0.3, -0.25) is 4.79 Å². The van der Waals surface area contributed by atoms with Crippen molar-refractivity contribution in [3.63, 3.8) is 0 Å². The van der Waals surface area contributed by atoms with Gasteiger partial charge in [0.15, 0.2) is 0 Å². The fourth-order valence-corrected chi connectivity index (χ4v) is 2.12. The zero-order chi connectivity index (χ0) is 13.0. The number of carbonyl (C=O) groups is 1. The lowest BCUT2D eigenvalue weighted by atomic mass is 10.1. The second-order valence-electron chi connectivity index (χ2n) is 4.12. The molecule has 0 N–H and O–H groups in total. The number of rotatable bonds is 3. The van der Waals surface area contributed by atoms with Crippen LogP contribution in [0.25, 0.3) is 0 Å². The van der Waals surface area contributed by atoms with Gasteiger partial charge in [-0.05, 0) is 55.0 Å². The third-order valence-corrected chi connectivity index (χ3v) is 3.98. The molecule has 0 aliphatic heterocycles. The van der Waals surface area contributed by atoms with Gasteiger partial charge in [0.25, 0.3) is 5.91 Å². The zero-order valence-electron chi connectivity index (χ0n) is 10.2. The molecule has 0 aliphatic carbocycles. The van der Waals surface area contributed by atoms with E-state index in [9.17, 15) is 4.79 Å². The van der Waals surface area contributed by atoms with Gasteiger partial charge < -0.3 is 4.90 Å². The van der Waals surface area contributed by atoms with Gasteiger partial charge >= 0.3 is 0 Å². The summed E-state index contributed by atoms with van der Waals surface area (Å²) < 4.78 is 0.957. The molecule has 0 saturated carbocycles. The number of halogens is 1. The smallest absolute Gasteiger partial charge is 0.256 e. The first-order chi connectivity index (χ1) is 7.99. The molecule has 90 valence electrons. The molecule has 0 radical (unpaired) electrons. The Hall–Kier alpha value is -1.09. The predicted molar refractivity (Wildman–Crippen MR) is 75.7 cm³/mol. The quantitative estimate of drug-likeness (QED) is 0.626. The Morgan fingerprint density at radius 3 is 2.71 bits per heavy atom. The van der Waals surface area contributed by atoms with Gasteiger partial charge in [0.1, 0.15) is 6.54 Å². The molecule has 3 nitrogen and oxygen atoms in total. The van der Waals surface area contributed by atoms with E-state index in [1.54, 1.807) is 4.90 Å². The van der Waals surface area contributed by atoms with E-state index in [-0.39, 0.29) is 18.5 Å². The standard InChI is InChI=1S/C13H15IN2O/c1-9(2)16(8-7-15)13(17)11-6-4-5-10(3)12(11)14/h4-6,9H,8H2,1-3H3. The molecular formula is C13H15IN2O. The van der Waals surface area contributed by atoms with E-state index in [0.717, 1.165) is 9.13 Å². The van der Waals surface area contributed by atoms with Crippen molar-refractivity contribution in [3.05, 3.63) is 32.9 Å². The Bertz CT molecular complexity index is 463. The Balaban J connectivity index is 3.11. The first kappa shape index (κ1) is 14.0. The minimum Gasteiger partial charge on any atom is -0.323 e. The normalized spacial score (nSPS) is 10.1. The molecule has 4 heteroatoms. The van der Waals surface area contributed by atoms with Crippen LogP contribution in [0.3, 0.4) is 0 Å². The van der Waals surface area contributed by atoms with Gasteiger partial charge in [-0.15, -0.1) is 0 Å². The van der Waals surface area contributed by atoms with Crippen LogP contribution in [0, 0.1) is 21.8 Å². The van der Waals surface area contributed by atoms with E-state index in [1.807, 2.05) is 45.0 Å². The third-order valence-electron chi connectivity index (χ3n) is 2.55. The summed E-state index contributed by atoms with van der Waals surface area (Å²) in [6.45, 7) is 5.93. The molecule has 0 unspecified atom stereocenters. The molecule has 17 heavy (non-hydrogen) atoms. The molecular weight excluding hydrogens is 327 g/mol. The van der Waals surface area contributed by atoms with Crippen LogP contribution >= 0.6 is 22.6 Å². The second kappa shape index (κ2) is 6.01. The lowest BCUT2D eigenvalue weighted by Crippen LogP contribution is -2.37. The number of nitriles is 1. The highest BCUT2D eigenvalue weighted by atomic mass is 127. The molecule has 0 fully saturated rings. The summed E-state index contributed by atoms with van der Waals surface area (Å²) in [5.41, 5.74) is 1.76. The molecule has 1 rings (SSSR count). The highest BCUT2D eigenvalue weighted by Crippen LogP contribution is 2.19. The van der Waals surface area contributed by atoms with E-state index in [4.69, 9.17) is 5.26 Å². The minimum atomic E-state index is -0.0744. The number of hydrogen-bond acceptors (Lipinski definition) is 2. The summed E-state index contributed by atoms with van der Waals surface area (Å²) in [4.78, 5) is 13.9. The molecule has 0 atom stereocenters. The van der Waals surface area contributed by atoms with Crippen LogP contribution in [-0.2, 0) is 0 Å². The van der Waals surface area contributed by atoms with Gasteiger partial charge in [-0.2, -0.15) is 5.26 Å². The van der Waals surface area contributed by atoms with Crippen LogP contribution in [-0.4, -0.2) is 23.4 Å². The van der Waals surface area contributed by atoms with Crippen molar-refractivity contribution >= 4 is 28.5 Å². The maximum Gasteiger partial charge on any atom is 0.256 e. The van der Waals surface area contributed by atoms with E-state index < -0.39 is 0 Å². The highest BCUT2D eigenvalue weighted by Gasteiger charge is 2.20. The summed E-state index contributed by atoms with van der Waals surface area (Å²) in [6.07, 6.45) is 0. The molecule has 0 spiro atoms. The first-order valence-electron chi connectivity index (χ1n) is 5.42. The van der Waals surface area contributed by atoms with Crippen LogP contribution in [0.5, 0.6) is 0 Å². The van der Waals surface area contributed by atoms with Crippen molar-refractivity contribution in [1.82, 2.24) is 4.90 Å². The Morgan fingerprint density at radius 1 is 1.53 bits per heavy atom. The molecule has 1 amide bonds. The van der Waals surface area contributed by atoms with E-state index in [1.165, 1.54) is 0 Å². The summed E-state index contributed by atoms with van der Waals surface area (Å²) in [5.74, 6) is -0.0744. The Morgan fingerprint density at radius 2 is 2.18 bits per heavy atom. The van der Waals surface area contributed by atoms with Crippen molar-refractivity contribution < 1.29 is 4.79 Å². The van der Waals surface area contributed by atoms with Crippen LogP contribution in [0.1, 0.15) is 29.8 Å². The van der Waals surface area contributed by atoms with Crippen LogP contribution in [0.4, 0.5) is 0 Å². The fraction of sp³-hybridized carbons (Fsp3) is 0.385. The van der Waals surface area contributed by atoms with Gasteiger partial charge in [0.05, 0.1) is 11.6 Å². The topological polar surface area (TPSA) is 44.1 Å². The molecule has 1 aromatic carbocycles. The SMILES string of the molecule is Cc1cccc(C(=O)N(CC#N)C(C)C)c1I. The minimum absolute atomic E-state index is 0.0264. The summed E-state index contributed by atoms with van der Waals surface area (Å²) >= 11 is 2.17. The monoisotopic (exact) mass is 342 g/mol. The number of benzene rings is 1. The Labute approximate surface area is 116 Å². The van der Waals surface area contributed by atoms with E-state index >= 15 is 0 Å². The fourth-order valence-electron chi connectivity index (χ4n) is 1.53. The first-order valence-corrected chi connectivity index (χ1v) is 6.50. The number of nitrogens with zero attached hydrogens (tertiary/aromatic N) is 2. The summed E-state index contributed by atoms with van der Waals surface area (Å²) in [5, 5.41) is 8.76. The zero-order valence-corrected chi connectivity index (χ0v) is 12.4. The maximum atomic E-state index is 12.3. The average molecular weight is 342 g/mol. The van der Waals surface area contributed by atoms with E-state index in [2.05, 4.69) is 22.6 Å². The van der Waals surface area contributed by atoms with Crippen molar-refractivity contribution in [2.24, 2.45) is 0 Å². The molecule has 0 bridgehead atoms. The maximum absolute atomic E-state index is 12.3. The summed E-state index contributed by atoms with van der Waals surface area (Å²) in [7, 11) is 0.